The van der Waals surface area contributed by atoms with E-state index < -0.39 is 38.9 Å². The minimum atomic E-state index is -2.26. The van der Waals surface area contributed by atoms with Crippen LogP contribution in [0.25, 0.3) is 11.2 Å². The van der Waals surface area contributed by atoms with Gasteiger partial charge in [0.05, 0.1) is 0 Å². The third kappa shape index (κ3) is 3.90. The van der Waals surface area contributed by atoms with Crippen LogP contribution in [-0.2, 0) is 14.0 Å². The van der Waals surface area contributed by atoms with Gasteiger partial charge in [0.1, 0.15) is 0 Å². The van der Waals surface area contributed by atoms with Crippen LogP contribution in [0.3, 0.4) is 0 Å². The number of ether oxygens (including phenoxy) is 1. The number of aromatic nitrogens is 4. The summed E-state index contributed by atoms with van der Waals surface area (Å²) < 4.78 is 28.7. The molecule has 153 valence electrons. The molecule has 2 aromatic rings. The molecule has 3 heterocycles. The molecule has 3 rings (SSSR count). The summed E-state index contributed by atoms with van der Waals surface area (Å²) in [4.78, 5) is 24.2. The first-order valence-corrected chi connectivity index (χ1v) is 12.1. The van der Waals surface area contributed by atoms with Crippen LogP contribution >= 0.6 is 0 Å². The number of hydrogen-bond donors (Lipinski definition) is 2. The fraction of sp³-hybridized carbons (Fsp3) is 0.625. The molecule has 4 atom stereocenters. The third-order valence-corrected chi connectivity index (χ3v) is 10.2. The van der Waals surface area contributed by atoms with E-state index in [0.717, 1.165) is 18.1 Å². The van der Waals surface area contributed by atoms with Crippen molar-refractivity contribution in [2.75, 3.05) is 5.23 Å². The summed E-state index contributed by atoms with van der Waals surface area (Å²) in [6.07, 6.45) is -2.91. The fourth-order valence-corrected chi connectivity index (χ4v) is 6.52. The summed E-state index contributed by atoms with van der Waals surface area (Å²) in [5, 5.41) is 12.4. The van der Waals surface area contributed by atoms with Crippen molar-refractivity contribution in [2.24, 2.45) is 0 Å². The first-order chi connectivity index (χ1) is 13.9. The molecule has 2 N–H and O–H groups in total. The van der Waals surface area contributed by atoms with Crippen molar-refractivity contribution in [1.82, 2.24) is 19.5 Å². The van der Waals surface area contributed by atoms with Crippen molar-refractivity contribution in [1.29, 1.82) is 0 Å². The van der Waals surface area contributed by atoms with Crippen molar-refractivity contribution in [3.8, 4) is 0 Å². The molecule has 1 fully saturated rings. The van der Waals surface area contributed by atoms with E-state index in [-0.39, 0.29) is 0 Å². The number of rotatable bonds is 9. The van der Waals surface area contributed by atoms with Crippen molar-refractivity contribution in [3.63, 3.8) is 0 Å². The number of carbonyl (C=O) groups is 1. The van der Waals surface area contributed by atoms with E-state index in [1.807, 2.05) is 20.8 Å². The number of anilines is 1. The zero-order valence-electron chi connectivity index (χ0n) is 16.6. The van der Waals surface area contributed by atoms with E-state index in [2.05, 4.69) is 20.2 Å². The van der Waals surface area contributed by atoms with Crippen LogP contribution in [0, 0.1) is 0 Å². The molecule has 2 aromatic heterocycles. The van der Waals surface area contributed by atoms with Crippen molar-refractivity contribution in [3.05, 3.63) is 12.7 Å². The van der Waals surface area contributed by atoms with Crippen LogP contribution in [0.2, 0.25) is 18.1 Å². The van der Waals surface area contributed by atoms with Gasteiger partial charge in [-0.05, 0) is 0 Å². The average molecular weight is 418 g/mol. The maximum atomic E-state index is 15.5. The number of hydrogen-bond acceptors (Lipinski definition) is 7. The van der Waals surface area contributed by atoms with E-state index in [0.29, 0.717) is 17.0 Å². The molecular weight excluding hydrogens is 395 g/mol. The molecule has 1 saturated heterocycles. The Balaban J connectivity index is 1.97. The monoisotopic (exact) mass is 418 g/mol. The zero-order valence-corrected chi connectivity index (χ0v) is 17.6. The predicted molar refractivity (Wildman–Crippen MR) is 109 cm³/mol. The maximum absolute atomic E-state index is 15.5. The molecule has 1 aliphatic rings. The molecule has 13 heteroatoms. The summed E-state index contributed by atoms with van der Waals surface area (Å²) in [6.45, 7) is 7.19. The van der Waals surface area contributed by atoms with Gasteiger partial charge in [0, 0.05) is 0 Å². The molecule has 0 aliphatic carbocycles. The van der Waals surface area contributed by atoms with Crippen molar-refractivity contribution in [2.45, 2.75) is 63.5 Å². The summed E-state index contributed by atoms with van der Waals surface area (Å²) in [5.41, 5.74) is 0.660. The summed E-state index contributed by atoms with van der Waals surface area (Å²) >= 11 is 0. The normalized spacial score (nSPS) is 24.5. The van der Waals surface area contributed by atoms with Crippen LogP contribution < -0.4 is 5.23 Å². The Morgan fingerprint density at radius 1 is 1.38 bits per heavy atom. The SMILES string of the molecule is [B]=BNc1ncnc2c1ncn2[C@@H]1O[C@H](C(=O)O)[C@@H](O[Si](CC)(CC)CC)[C@@H]1F. The van der Waals surface area contributed by atoms with Gasteiger partial charge >= 0.3 is 170 Å². The second-order valence-corrected chi connectivity index (χ2v) is 11.6. The molecule has 29 heavy (non-hydrogen) atoms. The Labute approximate surface area is 170 Å². The Bertz CT molecular complexity index is 891. The van der Waals surface area contributed by atoms with E-state index in [1.54, 1.807) is 0 Å². The predicted octanol–water partition coefficient (Wildman–Crippen LogP) is 1.65. The van der Waals surface area contributed by atoms with Gasteiger partial charge < -0.3 is 0 Å². The van der Waals surface area contributed by atoms with Crippen LogP contribution in [0.15, 0.2) is 12.7 Å². The van der Waals surface area contributed by atoms with Crippen LogP contribution in [0.1, 0.15) is 27.0 Å². The van der Waals surface area contributed by atoms with Gasteiger partial charge in [-0.25, -0.2) is 0 Å². The topological polar surface area (TPSA) is 111 Å². The zero-order chi connectivity index (χ0) is 21.2. The summed E-state index contributed by atoms with van der Waals surface area (Å²) in [6, 6.07) is 2.31. The molecular formula is C16H23B2FN5O4Si. The Hall–Kier alpha value is -1.98. The van der Waals surface area contributed by atoms with Crippen molar-refractivity contribution < 1.29 is 23.5 Å². The molecule has 0 bridgehead atoms. The van der Waals surface area contributed by atoms with E-state index in [4.69, 9.17) is 16.5 Å². The standard InChI is InChI=1S/C16H23B2FN5O4Si/c1-4-29(5-2,6-3)28-11-9(19)15(27-12(11)16(25)26)24-8-22-10-13(23-18-17)20-7-21-14(10)24/h7-9,11-12,15H,4-6H2,1-3H3,(H,25,26)(H,20,21,23)/t9-,11-,12-,15+/m0/s1. The van der Waals surface area contributed by atoms with Gasteiger partial charge in [-0.15, -0.1) is 0 Å². The van der Waals surface area contributed by atoms with Gasteiger partial charge in [0.2, 0.25) is 0 Å². The third-order valence-electron chi connectivity index (χ3n) is 5.59. The first kappa shape index (κ1) is 21.7. The number of imidazole rings is 1. The molecule has 0 amide bonds. The first-order valence-electron chi connectivity index (χ1n) is 9.59. The molecule has 0 unspecified atom stereocenters. The van der Waals surface area contributed by atoms with Crippen molar-refractivity contribution >= 4 is 45.6 Å². The molecule has 1 aliphatic heterocycles. The summed E-state index contributed by atoms with van der Waals surface area (Å²) in [5.74, 6) is -0.910. The average Bonchev–Trinajstić information content (AvgIpc) is 3.28. The quantitative estimate of drug-likeness (QED) is 0.592. The molecule has 0 saturated carbocycles. The van der Waals surface area contributed by atoms with E-state index in [9.17, 15) is 9.90 Å². The van der Waals surface area contributed by atoms with E-state index >= 15 is 4.39 Å². The Morgan fingerprint density at radius 2 is 2.07 bits per heavy atom. The number of fused-ring (bicyclic) bond motifs is 1. The van der Waals surface area contributed by atoms with Gasteiger partial charge in [-0.3, -0.25) is 0 Å². The Kier molecular flexibility index (Phi) is 6.59. The fourth-order valence-electron chi connectivity index (χ4n) is 3.69. The van der Waals surface area contributed by atoms with E-state index in [1.165, 1.54) is 24.2 Å². The van der Waals surface area contributed by atoms with Gasteiger partial charge in [0.15, 0.2) is 0 Å². The van der Waals surface area contributed by atoms with Crippen LogP contribution in [-0.4, -0.2) is 71.6 Å². The number of nitrogens with one attached hydrogen (secondary N) is 1. The van der Waals surface area contributed by atoms with Crippen LogP contribution in [0.5, 0.6) is 0 Å². The van der Waals surface area contributed by atoms with Gasteiger partial charge in [-0.1, -0.05) is 0 Å². The van der Waals surface area contributed by atoms with Crippen LogP contribution in [0.4, 0.5) is 10.2 Å². The molecule has 0 aromatic carbocycles. The van der Waals surface area contributed by atoms with Gasteiger partial charge in [0.25, 0.3) is 0 Å². The number of carboxylic acids is 1. The molecule has 0 spiro atoms. The number of aliphatic carboxylic acids is 1. The number of nitrogens with zero attached hydrogens (tertiary/aromatic N) is 4. The minimum absolute atomic E-state index is 0.298. The second-order valence-electron chi connectivity index (χ2n) is 6.91. The number of halogens is 1. The molecule has 9 nitrogen and oxygen atoms in total. The van der Waals surface area contributed by atoms with Gasteiger partial charge in [-0.2, -0.15) is 0 Å². The number of carboxylic acid groups (broad SMARTS) is 1. The summed E-state index contributed by atoms with van der Waals surface area (Å²) in [7, 11) is 3.12. The second kappa shape index (κ2) is 8.80. The molecule has 1 radical (unpaired) electrons. The Morgan fingerprint density at radius 3 is 2.66 bits per heavy atom. The number of alkyl halides is 1.